The first-order valence-electron chi connectivity index (χ1n) is 5.54. The van der Waals surface area contributed by atoms with Crippen LogP contribution < -0.4 is 4.74 Å². The van der Waals surface area contributed by atoms with Crippen molar-refractivity contribution in [1.82, 2.24) is 14.8 Å². The van der Waals surface area contributed by atoms with E-state index in [9.17, 15) is 8.42 Å². The lowest BCUT2D eigenvalue weighted by Gasteiger charge is -2.07. The van der Waals surface area contributed by atoms with Gasteiger partial charge in [0.2, 0.25) is 0 Å². The van der Waals surface area contributed by atoms with Crippen LogP contribution in [0, 0.1) is 0 Å². The molecule has 6 nitrogen and oxygen atoms in total. The van der Waals surface area contributed by atoms with Crippen molar-refractivity contribution in [3.8, 4) is 16.5 Å². The second kappa shape index (κ2) is 4.46. The SMILES string of the molecule is COc1ccsc1-c1nnc(S(=O)(=O)Cl)n1C1CC1. The van der Waals surface area contributed by atoms with Crippen LogP contribution in [0.4, 0.5) is 0 Å². The van der Waals surface area contributed by atoms with Crippen molar-refractivity contribution in [3.63, 3.8) is 0 Å². The van der Waals surface area contributed by atoms with Crippen molar-refractivity contribution >= 4 is 31.1 Å². The Labute approximate surface area is 118 Å². The molecular formula is C10H10ClN3O3S2. The van der Waals surface area contributed by atoms with Crippen LogP contribution in [0.1, 0.15) is 18.9 Å². The molecule has 0 spiro atoms. The Morgan fingerprint density at radius 2 is 2.21 bits per heavy atom. The lowest BCUT2D eigenvalue weighted by Crippen LogP contribution is -2.06. The summed E-state index contributed by atoms with van der Waals surface area (Å²) in [7, 11) is 3.06. The monoisotopic (exact) mass is 319 g/mol. The van der Waals surface area contributed by atoms with Gasteiger partial charge in [0, 0.05) is 16.7 Å². The molecule has 1 saturated carbocycles. The zero-order chi connectivity index (χ0) is 13.6. The summed E-state index contributed by atoms with van der Waals surface area (Å²) in [6, 6.07) is 1.90. The Bertz CT molecular complexity index is 718. The van der Waals surface area contributed by atoms with E-state index in [-0.39, 0.29) is 11.2 Å². The summed E-state index contributed by atoms with van der Waals surface area (Å²) >= 11 is 1.42. The minimum atomic E-state index is -3.90. The van der Waals surface area contributed by atoms with E-state index in [1.807, 2.05) is 5.38 Å². The highest BCUT2D eigenvalue weighted by molar-refractivity contribution is 8.13. The highest BCUT2D eigenvalue weighted by Crippen LogP contribution is 2.43. The van der Waals surface area contributed by atoms with E-state index >= 15 is 0 Å². The molecule has 9 heteroatoms. The molecule has 1 aliphatic carbocycles. The highest BCUT2D eigenvalue weighted by atomic mass is 35.7. The molecule has 1 fully saturated rings. The van der Waals surface area contributed by atoms with Crippen LogP contribution in [0.5, 0.6) is 5.75 Å². The van der Waals surface area contributed by atoms with Crippen LogP contribution >= 0.6 is 22.0 Å². The maximum absolute atomic E-state index is 11.5. The van der Waals surface area contributed by atoms with Gasteiger partial charge in [-0.2, -0.15) is 0 Å². The molecule has 0 aromatic carbocycles. The van der Waals surface area contributed by atoms with Crippen molar-refractivity contribution in [1.29, 1.82) is 0 Å². The number of methoxy groups -OCH3 is 1. The van der Waals surface area contributed by atoms with Crippen LogP contribution in [0.25, 0.3) is 10.7 Å². The van der Waals surface area contributed by atoms with Crippen LogP contribution in [-0.4, -0.2) is 30.3 Å². The summed E-state index contributed by atoms with van der Waals surface area (Å²) in [5.41, 5.74) is 0. The van der Waals surface area contributed by atoms with Crippen LogP contribution in [0.15, 0.2) is 16.6 Å². The van der Waals surface area contributed by atoms with Gasteiger partial charge >= 0.3 is 0 Å². The molecule has 0 atom stereocenters. The highest BCUT2D eigenvalue weighted by Gasteiger charge is 2.35. The molecule has 0 aliphatic heterocycles. The van der Waals surface area contributed by atoms with Crippen molar-refractivity contribution < 1.29 is 13.2 Å². The summed E-state index contributed by atoms with van der Waals surface area (Å²) in [5.74, 6) is 1.14. The predicted octanol–water partition coefficient (Wildman–Crippen LogP) is 2.28. The fourth-order valence-corrected chi connectivity index (χ4v) is 3.65. The Morgan fingerprint density at radius 3 is 2.79 bits per heavy atom. The first-order valence-corrected chi connectivity index (χ1v) is 8.72. The number of hydrogen-bond acceptors (Lipinski definition) is 6. The van der Waals surface area contributed by atoms with E-state index in [4.69, 9.17) is 15.4 Å². The van der Waals surface area contributed by atoms with E-state index in [1.165, 1.54) is 11.3 Å². The maximum Gasteiger partial charge on any atom is 0.296 e. The van der Waals surface area contributed by atoms with E-state index in [0.717, 1.165) is 17.7 Å². The normalized spacial score (nSPS) is 15.7. The Morgan fingerprint density at radius 1 is 1.47 bits per heavy atom. The van der Waals surface area contributed by atoms with Gasteiger partial charge in [0.1, 0.15) is 10.6 Å². The molecule has 0 N–H and O–H groups in total. The number of thiophene rings is 1. The molecule has 0 radical (unpaired) electrons. The standard InChI is InChI=1S/C10H10ClN3O3S2/c1-17-7-4-5-18-8(7)9-12-13-10(19(11,15)16)14(9)6-2-3-6/h4-6H,2-3H2,1H3. The molecule has 2 aromatic heterocycles. The minimum Gasteiger partial charge on any atom is -0.495 e. The van der Waals surface area contributed by atoms with Crippen molar-refractivity contribution in [2.24, 2.45) is 0 Å². The van der Waals surface area contributed by atoms with Gasteiger partial charge in [-0.05, 0) is 24.3 Å². The average molecular weight is 320 g/mol. The third-order valence-electron chi connectivity index (χ3n) is 2.85. The zero-order valence-electron chi connectivity index (χ0n) is 9.91. The first-order chi connectivity index (χ1) is 9.02. The molecular weight excluding hydrogens is 310 g/mol. The number of hydrogen-bond donors (Lipinski definition) is 0. The van der Waals surface area contributed by atoms with Crippen molar-refractivity contribution in [2.45, 2.75) is 24.0 Å². The van der Waals surface area contributed by atoms with Gasteiger partial charge in [0.15, 0.2) is 5.82 Å². The number of halogens is 1. The minimum absolute atomic E-state index is 0.0975. The molecule has 19 heavy (non-hydrogen) atoms. The molecule has 2 heterocycles. The van der Waals surface area contributed by atoms with Crippen molar-refractivity contribution in [3.05, 3.63) is 11.4 Å². The van der Waals surface area contributed by atoms with Gasteiger partial charge in [-0.15, -0.1) is 21.5 Å². The molecule has 0 saturated heterocycles. The smallest absolute Gasteiger partial charge is 0.296 e. The molecule has 0 amide bonds. The number of aromatic nitrogens is 3. The quantitative estimate of drug-likeness (QED) is 0.808. The van der Waals surface area contributed by atoms with Crippen LogP contribution in [0.3, 0.4) is 0 Å². The van der Waals surface area contributed by atoms with Crippen molar-refractivity contribution in [2.75, 3.05) is 7.11 Å². The van der Waals surface area contributed by atoms with Gasteiger partial charge in [-0.25, -0.2) is 8.42 Å². The van der Waals surface area contributed by atoms with Gasteiger partial charge in [0.25, 0.3) is 14.2 Å². The largest absolute Gasteiger partial charge is 0.495 e. The summed E-state index contributed by atoms with van der Waals surface area (Å²) in [5, 5.41) is 9.36. The lowest BCUT2D eigenvalue weighted by molar-refractivity contribution is 0.417. The molecule has 3 rings (SSSR count). The molecule has 0 bridgehead atoms. The number of nitrogens with zero attached hydrogens (tertiary/aromatic N) is 3. The van der Waals surface area contributed by atoms with Crippen LogP contribution in [-0.2, 0) is 9.05 Å². The fourth-order valence-electron chi connectivity index (χ4n) is 1.88. The van der Waals surface area contributed by atoms with E-state index in [0.29, 0.717) is 11.6 Å². The second-order valence-electron chi connectivity index (χ2n) is 4.16. The summed E-state index contributed by atoms with van der Waals surface area (Å²) in [6.45, 7) is 0. The van der Waals surface area contributed by atoms with Gasteiger partial charge in [-0.3, -0.25) is 4.57 Å². The van der Waals surface area contributed by atoms with Gasteiger partial charge in [-0.1, -0.05) is 0 Å². The van der Waals surface area contributed by atoms with Crippen LogP contribution in [0.2, 0.25) is 0 Å². The number of rotatable bonds is 4. The molecule has 0 unspecified atom stereocenters. The van der Waals surface area contributed by atoms with E-state index in [1.54, 1.807) is 17.7 Å². The molecule has 102 valence electrons. The second-order valence-corrected chi connectivity index (χ2v) is 7.54. The maximum atomic E-state index is 11.5. The summed E-state index contributed by atoms with van der Waals surface area (Å²) in [6.07, 6.45) is 1.80. The Kier molecular flexibility index (Phi) is 3.03. The molecule has 1 aliphatic rings. The Balaban J connectivity index is 2.20. The summed E-state index contributed by atoms with van der Waals surface area (Å²) in [4.78, 5) is 0.758. The third-order valence-corrected chi connectivity index (χ3v) is 4.87. The van der Waals surface area contributed by atoms with E-state index < -0.39 is 9.05 Å². The number of ether oxygens (including phenoxy) is 1. The first kappa shape index (κ1) is 12.9. The third kappa shape index (κ3) is 2.24. The average Bonchev–Trinajstić information content (AvgIpc) is 2.92. The lowest BCUT2D eigenvalue weighted by atomic mass is 10.4. The Hall–Kier alpha value is -1.12. The fraction of sp³-hybridized carbons (Fsp3) is 0.400. The zero-order valence-corrected chi connectivity index (χ0v) is 12.3. The van der Waals surface area contributed by atoms with E-state index in [2.05, 4.69) is 10.2 Å². The van der Waals surface area contributed by atoms with Gasteiger partial charge < -0.3 is 4.74 Å². The topological polar surface area (TPSA) is 74.1 Å². The molecule has 2 aromatic rings. The summed E-state index contributed by atoms with van der Waals surface area (Å²) < 4.78 is 29.9. The predicted molar refractivity (Wildman–Crippen MR) is 71.2 cm³/mol. The van der Waals surface area contributed by atoms with Gasteiger partial charge in [0.05, 0.1) is 7.11 Å².